The third kappa shape index (κ3) is 5.84. The van der Waals surface area contributed by atoms with Crippen molar-refractivity contribution in [2.24, 2.45) is 10.9 Å². The lowest BCUT2D eigenvalue weighted by Crippen LogP contribution is -2.44. The summed E-state index contributed by atoms with van der Waals surface area (Å²) >= 11 is 0. The van der Waals surface area contributed by atoms with Gasteiger partial charge >= 0.3 is 0 Å². The normalized spacial score (nSPS) is 17.0. The molecule has 0 bridgehead atoms. The average molecular weight is 572 g/mol. The van der Waals surface area contributed by atoms with Crippen LogP contribution in [-0.4, -0.2) is 52.2 Å². The lowest BCUT2D eigenvalue weighted by molar-refractivity contribution is 0.174. The Morgan fingerprint density at radius 3 is 2.50 bits per heavy atom. The van der Waals surface area contributed by atoms with Gasteiger partial charge in [0.05, 0.1) is 4.90 Å². The number of nitrogens with zero attached hydrogens (tertiary/aromatic N) is 2. The van der Waals surface area contributed by atoms with E-state index in [-0.39, 0.29) is 30.8 Å². The highest BCUT2D eigenvalue weighted by Gasteiger charge is 2.29. The molecule has 174 valence electrons. The summed E-state index contributed by atoms with van der Waals surface area (Å²) in [4.78, 5) is 4.65. The molecule has 2 aromatic rings. The third-order valence-corrected chi connectivity index (χ3v) is 7.55. The van der Waals surface area contributed by atoms with Gasteiger partial charge in [0.15, 0.2) is 17.5 Å². The minimum Gasteiger partial charge on any atom is -0.454 e. The summed E-state index contributed by atoms with van der Waals surface area (Å²) in [6.45, 7) is 2.70. The van der Waals surface area contributed by atoms with E-state index in [2.05, 4.69) is 15.6 Å². The van der Waals surface area contributed by atoms with Gasteiger partial charge in [-0.2, -0.15) is 4.31 Å². The lowest BCUT2D eigenvalue weighted by atomic mass is 9.98. The van der Waals surface area contributed by atoms with E-state index in [1.807, 2.05) is 24.3 Å². The van der Waals surface area contributed by atoms with Crippen LogP contribution in [0.25, 0.3) is 0 Å². The van der Waals surface area contributed by atoms with Crippen molar-refractivity contribution in [3.63, 3.8) is 0 Å². The van der Waals surface area contributed by atoms with E-state index in [1.165, 1.54) is 0 Å². The van der Waals surface area contributed by atoms with Crippen LogP contribution < -0.4 is 20.1 Å². The molecule has 0 aromatic heterocycles. The van der Waals surface area contributed by atoms with E-state index in [0.717, 1.165) is 42.4 Å². The number of sulfonamides is 1. The van der Waals surface area contributed by atoms with Crippen LogP contribution in [0.1, 0.15) is 18.4 Å². The molecule has 2 aliphatic rings. The Kier molecular flexibility index (Phi) is 8.60. The van der Waals surface area contributed by atoms with Crippen molar-refractivity contribution in [2.75, 3.05) is 33.5 Å². The minimum atomic E-state index is -3.41. The molecule has 0 unspecified atom stereocenters. The molecule has 1 fully saturated rings. The van der Waals surface area contributed by atoms with Crippen molar-refractivity contribution < 1.29 is 17.9 Å². The van der Waals surface area contributed by atoms with Crippen LogP contribution in [0.2, 0.25) is 0 Å². The Hall–Kier alpha value is -2.05. The maximum absolute atomic E-state index is 12.8. The molecular formula is C22H29IN4O4S. The van der Waals surface area contributed by atoms with E-state index in [0.29, 0.717) is 30.4 Å². The molecule has 10 heteroatoms. The highest BCUT2D eigenvalue weighted by molar-refractivity contribution is 14.0. The summed E-state index contributed by atoms with van der Waals surface area (Å²) in [7, 11) is -1.67. The van der Waals surface area contributed by atoms with E-state index < -0.39 is 10.0 Å². The molecule has 2 aromatic carbocycles. The van der Waals surface area contributed by atoms with Gasteiger partial charge in [-0.1, -0.05) is 24.3 Å². The van der Waals surface area contributed by atoms with Crippen LogP contribution in [0.15, 0.2) is 58.4 Å². The smallest absolute Gasteiger partial charge is 0.243 e. The zero-order valence-electron chi connectivity index (χ0n) is 18.0. The van der Waals surface area contributed by atoms with Gasteiger partial charge in [0.25, 0.3) is 0 Å². The first kappa shape index (κ1) is 24.6. The van der Waals surface area contributed by atoms with Gasteiger partial charge in [-0.15, -0.1) is 24.0 Å². The minimum absolute atomic E-state index is 0. The largest absolute Gasteiger partial charge is 0.454 e. The highest BCUT2D eigenvalue weighted by Crippen LogP contribution is 2.32. The molecule has 8 nitrogen and oxygen atoms in total. The monoisotopic (exact) mass is 572 g/mol. The van der Waals surface area contributed by atoms with Crippen molar-refractivity contribution in [2.45, 2.75) is 24.3 Å². The number of piperidine rings is 1. The van der Waals surface area contributed by atoms with Crippen LogP contribution in [0.3, 0.4) is 0 Å². The summed E-state index contributed by atoms with van der Waals surface area (Å²) in [5.74, 6) is 2.65. The standard InChI is InChI=1S/C22H28N4O4S.HI/c1-23-22(25-15-18-7-8-20-21(13-18)30-16-29-20)24-14-17-9-11-26(12-10-17)31(27,28)19-5-3-2-4-6-19;/h2-8,13,17H,9-12,14-16H2,1H3,(H2,23,24,25);1H. The van der Waals surface area contributed by atoms with Gasteiger partial charge in [-0.3, -0.25) is 4.99 Å². The van der Waals surface area contributed by atoms with Crippen LogP contribution in [0, 0.1) is 5.92 Å². The molecule has 0 saturated carbocycles. The van der Waals surface area contributed by atoms with Crippen molar-refractivity contribution in [1.82, 2.24) is 14.9 Å². The summed E-state index contributed by atoms with van der Waals surface area (Å²) < 4.78 is 37.9. The molecule has 2 heterocycles. The van der Waals surface area contributed by atoms with Gasteiger partial charge in [-0.05, 0) is 48.6 Å². The van der Waals surface area contributed by atoms with E-state index in [4.69, 9.17) is 9.47 Å². The average Bonchev–Trinajstić information content (AvgIpc) is 3.28. The first-order valence-electron chi connectivity index (χ1n) is 10.4. The Bertz CT molecular complexity index is 1030. The zero-order chi connectivity index (χ0) is 21.7. The van der Waals surface area contributed by atoms with Crippen LogP contribution in [-0.2, 0) is 16.6 Å². The fourth-order valence-corrected chi connectivity index (χ4v) is 5.28. The van der Waals surface area contributed by atoms with Crippen LogP contribution in [0.4, 0.5) is 0 Å². The van der Waals surface area contributed by atoms with Crippen LogP contribution in [0.5, 0.6) is 11.5 Å². The third-order valence-electron chi connectivity index (χ3n) is 5.63. The van der Waals surface area contributed by atoms with Gasteiger partial charge in [0.2, 0.25) is 16.8 Å². The number of hydrogen-bond acceptors (Lipinski definition) is 5. The molecule has 1 saturated heterocycles. The van der Waals surface area contributed by atoms with Crippen molar-refractivity contribution in [3.05, 3.63) is 54.1 Å². The Balaban J connectivity index is 0.00000289. The van der Waals surface area contributed by atoms with E-state index >= 15 is 0 Å². The number of halogens is 1. The summed E-state index contributed by atoms with van der Waals surface area (Å²) in [5.41, 5.74) is 1.08. The van der Waals surface area contributed by atoms with Gasteiger partial charge in [0, 0.05) is 33.2 Å². The second-order valence-electron chi connectivity index (χ2n) is 7.65. The van der Waals surface area contributed by atoms with Gasteiger partial charge in [-0.25, -0.2) is 8.42 Å². The summed E-state index contributed by atoms with van der Waals surface area (Å²) in [5, 5.41) is 6.67. The van der Waals surface area contributed by atoms with Crippen molar-refractivity contribution in [1.29, 1.82) is 0 Å². The van der Waals surface area contributed by atoms with E-state index in [9.17, 15) is 8.42 Å². The first-order valence-corrected chi connectivity index (χ1v) is 11.9. The topological polar surface area (TPSA) is 92.3 Å². The number of guanidine groups is 1. The zero-order valence-corrected chi connectivity index (χ0v) is 21.1. The van der Waals surface area contributed by atoms with Gasteiger partial charge < -0.3 is 20.1 Å². The molecule has 2 aliphatic heterocycles. The number of ether oxygens (including phenoxy) is 2. The maximum Gasteiger partial charge on any atom is 0.243 e. The quantitative estimate of drug-likeness (QED) is 0.315. The van der Waals surface area contributed by atoms with Gasteiger partial charge in [0.1, 0.15) is 0 Å². The molecule has 0 amide bonds. The fraction of sp³-hybridized carbons (Fsp3) is 0.409. The second-order valence-corrected chi connectivity index (χ2v) is 9.59. The number of nitrogens with one attached hydrogen (secondary N) is 2. The predicted octanol–water partition coefficient (Wildman–Crippen LogP) is 2.80. The number of rotatable bonds is 6. The van der Waals surface area contributed by atoms with Crippen LogP contribution >= 0.6 is 24.0 Å². The fourth-order valence-electron chi connectivity index (χ4n) is 3.79. The number of aliphatic imine (C=N–C) groups is 1. The second kappa shape index (κ2) is 11.2. The SMILES string of the molecule is CN=C(NCc1ccc2c(c1)OCO2)NCC1CCN(S(=O)(=O)c2ccccc2)CC1.I. The molecule has 0 spiro atoms. The molecule has 32 heavy (non-hydrogen) atoms. The number of fused-ring (bicyclic) bond motifs is 1. The Morgan fingerprint density at radius 2 is 1.78 bits per heavy atom. The highest BCUT2D eigenvalue weighted by atomic mass is 127. The lowest BCUT2D eigenvalue weighted by Gasteiger charge is -2.31. The molecule has 0 atom stereocenters. The molecular weight excluding hydrogens is 543 g/mol. The Morgan fingerprint density at radius 1 is 1.06 bits per heavy atom. The molecule has 0 aliphatic carbocycles. The van der Waals surface area contributed by atoms with Crippen molar-refractivity contribution in [3.8, 4) is 11.5 Å². The first-order chi connectivity index (χ1) is 15.1. The molecule has 2 N–H and O–H groups in total. The molecule has 0 radical (unpaired) electrons. The van der Waals surface area contributed by atoms with Crippen molar-refractivity contribution >= 4 is 40.0 Å². The summed E-state index contributed by atoms with van der Waals surface area (Å²) in [6.07, 6.45) is 1.64. The maximum atomic E-state index is 12.8. The summed E-state index contributed by atoms with van der Waals surface area (Å²) in [6, 6.07) is 14.5. The Labute approximate surface area is 206 Å². The number of benzene rings is 2. The predicted molar refractivity (Wildman–Crippen MR) is 134 cm³/mol. The van der Waals surface area contributed by atoms with E-state index in [1.54, 1.807) is 35.6 Å². The molecule has 4 rings (SSSR count). The number of hydrogen-bond donors (Lipinski definition) is 2.